The molecular weight excluding hydrogens is 540 g/mol. The lowest BCUT2D eigenvalue weighted by Crippen LogP contribution is -2.44. The van der Waals surface area contributed by atoms with Crippen LogP contribution in [-0.4, -0.2) is 72.4 Å². The van der Waals surface area contributed by atoms with Crippen molar-refractivity contribution in [2.75, 3.05) is 10.7 Å². The van der Waals surface area contributed by atoms with Gasteiger partial charge in [-0.05, 0) is 68.4 Å². The molecule has 0 aromatic carbocycles. The van der Waals surface area contributed by atoms with Crippen molar-refractivity contribution in [2.45, 2.75) is 110 Å². The van der Waals surface area contributed by atoms with Gasteiger partial charge in [-0.1, -0.05) is 11.8 Å². The number of rotatable bonds is 4. The van der Waals surface area contributed by atoms with Crippen molar-refractivity contribution in [3.05, 3.63) is 18.6 Å². The number of carbonyl (C=O) groups excluding carboxylic acids is 3. The van der Waals surface area contributed by atoms with Gasteiger partial charge in [-0.3, -0.25) is 4.79 Å². The van der Waals surface area contributed by atoms with Crippen LogP contribution in [0.2, 0.25) is 0 Å². The van der Waals surface area contributed by atoms with Crippen LogP contribution in [0.3, 0.4) is 0 Å². The predicted octanol–water partition coefficient (Wildman–Crippen LogP) is 5.20. The van der Waals surface area contributed by atoms with Crippen LogP contribution in [0.15, 0.2) is 18.6 Å². The standard InChI is InChI=1S/C27H38N4O8S/c1-15(32)40-13-17-27(10)18(36-26(8,9)39-27)21(35-17)30-12-11-16-19(30)28-14-29-20(16)31(22(33)37-24(2,3)4)23(34)38-25(5,6)7/h11-12,14,17-18,21H,13H2,1-10H3/t17-,18+,21-,27-/m1/s1. The maximum absolute atomic E-state index is 13.3. The molecule has 2 aromatic heterocycles. The lowest BCUT2D eigenvalue weighted by molar-refractivity contribution is -0.207. The van der Waals surface area contributed by atoms with Crippen LogP contribution in [0.4, 0.5) is 15.4 Å². The second-order valence-corrected chi connectivity index (χ2v) is 13.7. The third-order valence-electron chi connectivity index (χ3n) is 6.21. The zero-order chi connectivity index (χ0) is 29.8. The van der Waals surface area contributed by atoms with Gasteiger partial charge in [0.2, 0.25) is 0 Å². The number of fused-ring (bicyclic) bond motifs is 2. The van der Waals surface area contributed by atoms with Gasteiger partial charge in [0.25, 0.3) is 0 Å². The molecule has 220 valence electrons. The minimum Gasteiger partial charge on any atom is -0.443 e. The average molecular weight is 579 g/mol. The van der Waals surface area contributed by atoms with E-state index in [2.05, 4.69) is 9.97 Å². The molecule has 2 saturated heterocycles. The molecular formula is C27H38N4O8S. The molecule has 4 heterocycles. The summed E-state index contributed by atoms with van der Waals surface area (Å²) in [6.45, 7) is 17.3. The Morgan fingerprint density at radius 2 is 1.65 bits per heavy atom. The predicted molar refractivity (Wildman–Crippen MR) is 148 cm³/mol. The molecule has 2 aliphatic heterocycles. The Labute approximate surface area is 238 Å². The summed E-state index contributed by atoms with van der Waals surface area (Å²) in [5.74, 6) is -0.503. The van der Waals surface area contributed by atoms with Gasteiger partial charge in [-0.15, -0.1) is 0 Å². The van der Waals surface area contributed by atoms with E-state index in [4.69, 9.17) is 23.7 Å². The molecule has 2 fully saturated rings. The molecule has 0 radical (unpaired) electrons. The largest absolute Gasteiger partial charge is 0.443 e. The second kappa shape index (κ2) is 10.3. The van der Waals surface area contributed by atoms with E-state index in [0.717, 1.165) is 16.7 Å². The SMILES string of the molecule is CC(=O)SC[C@H]1O[C@@H](n2ccc3c(N(C(=O)OC(C)(C)C)C(=O)OC(C)(C)C)ncnc32)[C@@H]2OC(C)(C)O[C@]12C. The van der Waals surface area contributed by atoms with Gasteiger partial charge in [0.1, 0.15) is 41.0 Å². The number of thioether (sulfide) groups is 1. The molecule has 4 atom stereocenters. The van der Waals surface area contributed by atoms with Crippen LogP contribution in [-0.2, 0) is 28.5 Å². The van der Waals surface area contributed by atoms with Crippen molar-refractivity contribution >= 4 is 45.9 Å². The number of aromatic nitrogens is 3. The summed E-state index contributed by atoms with van der Waals surface area (Å²) in [5.41, 5.74) is -2.21. The summed E-state index contributed by atoms with van der Waals surface area (Å²) in [5, 5.41) is 0.364. The van der Waals surface area contributed by atoms with Gasteiger partial charge in [0, 0.05) is 18.9 Å². The van der Waals surface area contributed by atoms with Crippen LogP contribution in [0.5, 0.6) is 0 Å². The Morgan fingerprint density at radius 3 is 2.20 bits per heavy atom. The first-order chi connectivity index (χ1) is 18.3. The first kappa shape index (κ1) is 30.2. The second-order valence-electron chi connectivity index (χ2n) is 12.5. The maximum Gasteiger partial charge on any atom is 0.425 e. The molecule has 0 aliphatic carbocycles. The minimum atomic E-state index is -0.935. The van der Waals surface area contributed by atoms with Crippen molar-refractivity contribution in [2.24, 2.45) is 0 Å². The van der Waals surface area contributed by atoms with Crippen LogP contribution in [0, 0.1) is 0 Å². The van der Waals surface area contributed by atoms with E-state index in [1.165, 1.54) is 13.3 Å². The fourth-order valence-electron chi connectivity index (χ4n) is 4.81. The molecule has 0 unspecified atom stereocenters. The third-order valence-corrected chi connectivity index (χ3v) is 7.08. The summed E-state index contributed by atoms with van der Waals surface area (Å²) in [4.78, 5) is 47.8. The third kappa shape index (κ3) is 6.12. The Kier molecular flexibility index (Phi) is 7.76. The Morgan fingerprint density at radius 1 is 1.05 bits per heavy atom. The van der Waals surface area contributed by atoms with Crippen molar-refractivity contribution in [3.63, 3.8) is 0 Å². The highest BCUT2D eigenvalue weighted by Gasteiger charge is 2.64. The zero-order valence-corrected chi connectivity index (χ0v) is 25.5. The number of hydrogen-bond acceptors (Lipinski definition) is 11. The van der Waals surface area contributed by atoms with Crippen molar-refractivity contribution < 1.29 is 38.1 Å². The molecule has 4 rings (SSSR count). The van der Waals surface area contributed by atoms with Gasteiger partial charge in [0.05, 0.1) is 5.39 Å². The summed E-state index contributed by atoms with van der Waals surface area (Å²) >= 11 is 1.16. The van der Waals surface area contributed by atoms with Gasteiger partial charge < -0.3 is 28.3 Å². The summed E-state index contributed by atoms with van der Waals surface area (Å²) < 4.78 is 31.9. The number of ether oxygens (including phenoxy) is 5. The van der Waals surface area contributed by atoms with E-state index < -0.39 is 53.2 Å². The molecule has 12 nitrogen and oxygen atoms in total. The number of hydrogen-bond donors (Lipinski definition) is 0. The fraction of sp³-hybridized carbons (Fsp3) is 0.667. The first-order valence-corrected chi connectivity index (χ1v) is 14.0. The molecule has 2 amide bonds. The van der Waals surface area contributed by atoms with E-state index in [9.17, 15) is 14.4 Å². The van der Waals surface area contributed by atoms with Crippen LogP contribution in [0.1, 0.15) is 75.5 Å². The zero-order valence-electron chi connectivity index (χ0n) is 24.6. The van der Waals surface area contributed by atoms with Crippen molar-refractivity contribution in [1.29, 1.82) is 0 Å². The van der Waals surface area contributed by atoms with Gasteiger partial charge in [-0.2, -0.15) is 4.90 Å². The molecule has 0 N–H and O–H groups in total. The maximum atomic E-state index is 13.3. The smallest absolute Gasteiger partial charge is 0.425 e. The van der Waals surface area contributed by atoms with Gasteiger partial charge >= 0.3 is 12.2 Å². The minimum absolute atomic E-state index is 0.000569. The van der Waals surface area contributed by atoms with Gasteiger partial charge in [0.15, 0.2) is 22.9 Å². The topological polar surface area (TPSA) is 131 Å². The number of amides is 2. The number of imide groups is 1. The summed E-state index contributed by atoms with van der Waals surface area (Å²) in [7, 11) is 0. The summed E-state index contributed by atoms with van der Waals surface area (Å²) in [6.07, 6.45) is -0.571. The fourth-order valence-corrected chi connectivity index (χ4v) is 5.61. The normalized spacial score (nSPS) is 26.0. The highest BCUT2D eigenvalue weighted by atomic mass is 32.2. The van der Waals surface area contributed by atoms with Crippen LogP contribution >= 0.6 is 11.8 Å². The molecule has 13 heteroatoms. The number of anilines is 1. The highest BCUT2D eigenvalue weighted by Crippen LogP contribution is 2.51. The van der Waals surface area contributed by atoms with Crippen LogP contribution < -0.4 is 4.90 Å². The highest BCUT2D eigenvalue weighted by molar-refractivity contribution is 8.13. The number of carbonyl (C=O) groups is 3. The average Bonchev–Trinajstić information content (AvgIpc) is 3.37. The Hall–Kier alpha value is -2.74. The van der Waals surface area contributed by atoms with Crippen molar-refractivity contribution in [1.82, 2.24) is 14.5 Å². The van der Waals surface area contributed by atoms with Crippen molar-refractivity contribution in [3.8, 4) is 0 Å². The number of nitrogens with zero attached hydrogens (tertiary/aromatic N) is 4. The first-order valence-electron chi connectivity index (χ1n) is 13.1. The Bertz CT molecular complexity index is 1290. The van der Waals surface area contributed by atoms with E-state index >= 15 is 0 Å². The molecule has 0 spiro atoms. The molecule has 2 aliphatic rings. The molecule has 0 bridgehead atoms. The van der Waals surface area contributed by atoms with E-state index in [-0.39, 0.29) is 10.9 Å². The monoisotopic (exact) mass is 578 g/mol. The Balaban J connectivity index is 1.77. The van der Waals surface area contributed by atoms with E-state index in [1.807, 2.05) is 20.8 Å². The van der Waals surface area contributed by atoms with E-state index in [1.54, 1.807) is 58.4 Å². The molecule has 40 heavy (non-hydrogen) atoms. The molecule has 0 saturated carbocycles. The lowest BCUT2D eigenvalue weighted by Gasteiger charge is -2.29. The van der Waals surface area contributed by atoms with Gasteiger partial charge in [-0.25, -0.2) is 19.6 Å². The quantitative estimate of drug-likeness (QED) is 0.474. The summed E-state index contributed by atoms with van der Waals surface area (Å²) in [6, 6.07) is 1.69. The van der Waals surface area contributed by atoms with Crippen LogP contribution in [0.25, 0.3) is 11.0 Å². The van der Waals surface area contributed by atoms with E-state index in [0.29, 0.717) is 16.8 Å². The molecule has 2 aromatic rings. The lowest BCUT2D eigenvalue weighted by atomic mass is 9.95.